The molecule has 1 aliphatic heterocycles. The van der Waals surface area contributed by atoms with Crippen molar-refractivity contribution >= 4 is 15.7 Å². The zero-order valence-corrected chi connectivity index (χ0v) is 15.7. The molecule has 0 saturated carbocycles. The van der Waals surface area contributed by atoms with Crippen molar-refractivity contribution in [3.05, 3.63) is 0 Å². The van der Waals surface area contributed by atoms with Gasteiger partial charge in [-0.2, -0.15) is 0 Å². The molecule has 0 N–H and O–H groups in total. The summed E-state index contributed by atoms with van der Waals surface area (Å²) in [7, 11) is -3.02. The summed E-state index contributed by atoms with van der Waals surface area (Å²) in [5.74, 6) is 1.27. The number of carbonyl (C=O) groups excluding carboxylic acids is 1. The average molecular weight is 333 g/mol. The summed E-state index contributed by atoms with van der Waals surface area (Å²) < 4.78 is 22.8. The van der Waals surface area contributed by atoms with Gasteiger partial charge in [0.25, 0.3) is 0 Å². The van der Waals surface area contributed by atoms with Gasteiger partial charge in [0.15, 0.2) is 0 Å². The third kappa shape index (κ3) is 6.65. The van der Waals surface area contributed by atoms with Crippen molar-refractivity contribution in [3.63, 3.8) is 0 Å². The fourth-order valence-corrected chi connectivity index (χ4v) is 3.61. The maximum absolute atomic E-state index is 12.6. The molecule has 0 radical (unpaired) electrons. The van der Waals surface area contributed by atoms with E-state index in [0.717, 1.165) is 13.1 Å². The van der Waals surface area contributed by atoms with E-state index in [1.807, 2.05) is 30.6 Å². The molecule has 6 heteroatoms. The Labute approximate surface area is 136 Å². The van der Waals surface area contributed by atoms with Gasteiger partial charge in [0.2, 0.25) is 5.91 Å². The van der Waals surface area contributed by atoms with Gasteiger partial charge in [-0.15, -0.1) is 0 Å². The molecule has 0 bridgehead atoms. The molecule has 0 aliphatic carbocycles. The smallest absolute Gasteiger partial charge is 0.236 e. The minimum atomic E-state index is -3.02. The van der Waals surface area contributed by atoms with Crippen molar-refractivity contribution in [1.29, 1.82) is 0 Å². The fraction of sp³-hybridized carbons (Fsp3) is 0.938. The van der Waals surface area contributed by atoms with Crippen molar-refractivity contribution in [2.75, 3.05) is 38.2 Å². The molecule has 2 atom stereocenters. The molecule has 1 rings (SSSR count). The summed E-state index contributed by atoms with van der Waals surface area (Å²) in [6.07, 6.45) is 2.41. The summed E-state index contributed by atoms with van der Waals surface area (Å²) in [5.41, 5.74) is -0.229. The topological polar surface area (TPSA) is 57.7 Å². The van der Waals surface area contributed by atoms with E-state index in [4.69, 9.17) is 0 Å². The fourth-order valence-electron chi connectivity index (χ4n) is 3.06. The first-order chi connectivity index (χ1) is 9.88. The zero-order valence-electron chi connectivity index (χ0n) is 14.9. The van der Waals surface area contributed by atoms with E-state index in [1.54, 1.807) is 0 Å². The van der Waals surface area contributed by atoms with Crippen LogP contribution in [0.25, 0.3) is 0 Å². The molecule has 5 nitrogen and oxygen atoms in total. The predicted octanol–water partition coefficient (Wildman–Crippen LogP) is 1.64. The van der Waals surface area contributed by atoms with E-state index < -0.39 is 9.84 Å². The molecule has 0 aromatic carbocycles. The number of rotatable bonds is 5. The first-order valence-corrected chi connectivity index (χ1v) is 10.1. The van der Waals surface area contributed by atoms with E-state index in [9.17, 15) is 13.2 Å². The summed E-state index contributed by atoms with van der Waals surface area (Å²) in [6.45, 7) is 12.7. The minimum absolute atomic E-state index is 0.0877. The first kappa shape index (κ1) is 19.4. The van der Waals surface area contributed by atoms with Crippen LogP contribution in [0, 0.1) is 11.8 Å². The lowest BCUT2D eigenvalue weighted by atomic mass is 9.92. The van der Waals surface area contributed by atoms with Crippen LogP contribution in [0.2, 0.25) is 0 Å². The van der Waals surface area contributed by atoms with Crippen LogP contribution in [0.1, 0.15) is 41.0 Å². The number of nitrogens with zero attached hydrogens (tertiary/aromatic N) is 2. The summed E-state index contributed by atoms with van der Waals surface area (Å²) in [6, 6.07) is 0. The molecule has 22 heavy (non-hydrogen) atoms. The van der Waals surface area contributed by atoms with Gasteiger partial charge in [-0.1, -0.05) is 13.8 Å². The monoisotopic (exact) mass is 332 g/mol. The Kier molecular flexibility index (Phi) is 6.45. The Morgan fingerprint density at radius 2 is 1.68 bits per heavy atom. The van der Waals surface area contributed by atoms with Crippen LogP contribution in [-0.4, -0.2) is 67.9 Å². The molecule has 1 fully saturated rings. The number of likely N-dealkylation sites (tertiary alicyclic amines) is 1. The number of piperidine rings is 1. The Bertz CT molecular complexity index is 472. The molecule has 1 saturated heterocycles. The molecular weight excluding hydrogens is 300 g/mol. The van der Waals surface area contributed by atoms with E-state index >= 15 is 0 Å². The summed E-state index contributed by atoms with van der Waals surface area (Å²) in [5, 5.41) is 0. The zero-order chi connectivity index (χ0) is 17.1. The van der Waals surface area contributed by atoms with E-state index in [0.29, 0.717) is 24.9 Å². The molecule has 1 heterocycles. The van der Waals surface area contributed by atoms with E-state index in [-0.39, 0.29) is 17.2 Å². The molecule has 130 valence electrons. The van der Waals surface area contributed by atoms with Crippen molar-refractivity contribution < 1.29 is 13.2 Å². The van der Waals surface area contributed by atoms with Crippen molar-refractivity contribution in [2.24, 2.45) is 11.8 Å². The second-order valence-electron chi connectivity index (χ2n) is 7.97. The van der Waals surface area contributed by atoms with Crippen molar-refractivity contribution in [3.8, 4) is 0 Å². The highest BCUT2D eigenvalue weighted by Gasteiger charge is 2.30. The number of carbonyl (C=O) groups is 1. The normalized spacial score (nSPS) is 23.9. The van der Waals surface area contributed by atoms with Gasteiger partial charge in [-0.3, -0.25) is 9.69 Å². The van der Waals surface area contributed by atoms with Crippen LogP contribution in [0.15, 0.2) is 0 Å². The second-order valence-corrected chi connectivity index (χ2v) is 10.2. The standard InChI is InChI=1S/C16H32N2O3S/c1-13-9-14(2)11-17(10-13)15(19)12-18(16(3,4)5)7-8-22(6,20)21/h13-14H,7-12H2,1-6H3/t13-,14-/m0/s1. The van der Waals surface area contributed by atoms with Crippen LogP contribution < -0.4 is 0 Å². The van der Waals surface area contributed by atoms with Crippen molar-refractivity contribution in [1.82, 2.24) is 9.80 Å². The highest BCUT2D eigenvalue weighted by Crippen LogP contribution is 2.22. The highest BCUT2D eigenvalue weighted by molar-refractivity contribution is 7.90. The number of amides is 1. The lowest BCUT2D eigenvalue weighted by Crippen LogP contribution is -2.52. The summed E-state index contributed by atoms with van der Waals surface area (Å²) in [4.78, 5) is 16.5. The molecule has 1 aliphatic rings. The van der Waals surface area contributed by atoms with Crippen LogP contribution in [-0.2, 0) is 14.6 Å². The average Bonchev–Trinajstić information content (AvgIpc) is 2.30. The molecule has 0 spiro atoms. The number of hydrogen-bond donors (Lipinski definition) is 0. The Morgan fingerprint density at radius 1 is 1.18 bits per heavy atom. The quantitative estimate of drug-likeness (QED) is 0.768. The third-order valence-corrected chi connectivity index (χ3v) is 5.15. The predicted molar refractivity (Wildman–Crippen MR) is 90.6 cm³/mol. The summed E-state index contributed by atoms with van der Waals surface area (Å²) >= 11 is 0. The van der Waals surface area contributed by atoms with Gasteiger partial charge in [-0.25, -0.2) is 8.42 Å². The molecule has 0 aromatic rings. The Morgan fingerprint density at radius 3 is 2.09 bits per heavy atom. The molecule has 1 amide bonds. The number of hydrogen-bond acceptors (Lipinski definition) is 4. The lowest BCUT2D eigenvalue weighted by Gasteiger charge is -2.39. The Hall–Kier alpha value is -0.620. The SMILES string of the molecule is C[C@H]1C[C@H](C)CN(C(=O)CN(CCS(C)(=O)=O)C(C)(C)C)C1. The van der Waals surface area contributed by atoms with Gasteiger partial charge >= 0.3 is 0 Å². The number of sulfone groups is 1. The highest BCUT2D eigenvalue weighted by atomic mass is 32.2. The van der Waals surface area contributed by atoms with Crippen LogP contribution in [0.3, 0.4) is 0 Å². The van der Waals surface area contributed by atoms with Gasteiger partial charge in [-0.05, 0) is 39.0 Å². The van der Waals surface area contributed by atoms with Gasteiger partial charge < -0.3 is 4.90 Å². The maximum atomic E-state index is 12.6. The largest absolute Gasteiger partial charge is 0.341 e. The van der Waals surface area contributed by atoms with E-state index in [1.165, 1.54) is 12.7 Å². The third-order valence-electron chi connectivity index (χ3n) is 4.23. The second kappa shape index (κ2) is 7.30. The van der Waals surface area contributed by atoms with Crippen LogP contribution >= 0.6 is 0 Å². The maximum Gasteiger partial charge on any atom is 0.236 e. The van der Waals surface area contributed by atoms with Gasteiger partial charge in [0, 0.05) is 31.4 Å². The van der Waals surface area contributed by atoms with Crippen LogP contribution in [0.5, 0.6) is 0 Å². The van der Waals surface area contributed by atoms with Gasteiger partial charge in [0.05, 0.1) is 12.3 Å². The Balaban J connectivity index is 2.70. The van der Waals surface area contributed by atoms with Crippen molar-refractivity contribution in [2.45, 2.75) is 46.6 Å². The molecule has 0 unspecified atom stereocenters. The van der Waals surface area contributed by atoms with Gasteiger partial charge in [0.1, 0.15) is 9.84 Å². The lowest BCUT2D eigenvalue weighted by molar-refractivity contribution is -0.136. The minimum Gasteiger partial charge on any atom is -0.341 e. The van der Waals surface area contributed by atoms with E-state index in [2.05, 4.69) is 13.8 Å². The van der Waals surface area contributed by atoms with Crippen LogP contribution in [0.4, 0.5) is 0 Å². The molecule has 0 aromatic heterocycles. The molecular formula is C16H32N2O3S. The first-order valence-electron chi connectivity index (χ1n) is 8.09.